The molecule has 11 nitrogen and oxygen atoms in total. The largest absolute Gasteiger partial charge is 0.493 e. The second-order valence-corrected chi connectivity index (χ2v) is 9.83. The predicted octanol–water partition coefficient (Wildman–Crippen LogP) is 1.04. The highest BCUT2D eigenvalue weighted by atomic mass is 19.1. The molecule has 200 valence electrons. The lowest BCUT2D eigenvalue weighted by molar-refractivity contribution is -0.0561. The fraction of sp³-hybridized carbons (Fsp3) is 0.480. The smallest absolute Gasteiger partial charge is 0.333 e. The van der Waals surface area contributed by atoms with E-state index in [4.69, 9.17) is 9.47 Å². The number of nitrogens with one attached hydrogen (secondary N) is 1. The van der Waals surface area contributed by atoms with Crippen LogP contribution in [-0.2, 0) is 11.3 Å². The molecular weight excluding hydrogens is 487 g/mol. The van der Waals surface area contributed by atoms with Gasteiger partial charge >= 0.3 is 5.69 Å². The van der Waals surface area contributed by atoms with E-state index in [1.165, 1.54) is 0 Å². The van der Waals surface area contributed by atoms with Gasteiger partial charge in [0.05, 0.1) is 37.6 Å². The molecule has 0 radical (unpaired) electrons. The summed E-state index contributed by atoms with van der Waals surface area (Å²) < 4.78 is 27.3. The van der Waals surface area contributed by atoms with Crippen molar-refractivity contribution in [3.63, 3.8) is 0 Å². The standard InChI is InChI=1S/C25H31FN4O7/c1-25(2,8-10-36-18-6-4-3-5-15(18)17-11-27-14-28-17)7-9-29-22(34)16(26)12-30(24(29)35)23-21(33)20(32)19(13-31)37-23/h3-6,11-12,14,19-21,23,31-33H,7-10,13H2,1-2H3,(H,27,28)/t19-,20-,21+,23-/m1/s1. The van der Waals surface area contributed by atoms with Crippen molar-refractivity contribution < 1.29 is 29.2 Å². The van der Waals surface area contributed by atoms with Crippen molar-refractivity contribution in [3.05, 3.63) is 69.6 Å². The number of rotatable bonds is 10. The van der Waals surface area contributed by atoms with Gasteiger partial charge in [0, 0.05) is 12.1 Å². The van der Waals surface area contributed by atoms with Gasteiger partial charge in [-0.15, -0.1) is 0 Å². The van der Waals surface area contributed by atoms with Crippen LogP contribution in [0.2, 0.25) is 0 Å². The van der Waals surface area contributed by atoms with Gasteiger partial charge in [-0.25, -0.2) is 9.78 Å². The number of aromatic nitrogens is 4. The van der Waals surface area contributed by atoms with E-state index in [-0.39, 0.29) is 12.0 Å². The van der Waals surface area contributed by atoms with Crippen LogP contribution in [0, 0.1) is 11.2 Å². The van der Waals surface area contributed by atoms with Gasteiger partial charge in [-0.1, -0.05) is 26.0 Å². The molecule has 0 spiro atoms. The predicted molar refractivity (Wildman–Crippen MR) is 130 cm³/mol. The third kappa shape index (κ3) is 5.67. The van der Waals surface area contributed by atoms with E-state index in [1.807, 2.05) is 38.1 Å². The van der Waals surface area contributed by atoms with E-state index in [2.05, 4.69) is 9.97 Å². The summed E-state index contributed by atoms with van der Waals surface area (Å²) in [6.45, 7) is 3.58. The second kappa shape index (κ2) is 11.0. The molecule has 4 rings (SSSR count). The van der Waals surface area contributed by atoms with E-state index >= 15 is 0 Å². The lowest BCUT2D eigenvalue weighted by atomic mass is 9.86. The molecule has 3 aromatic rings. The van der Waals surface area contributed by atoms with Gasteiger partial charge in [-0.2, -0.15) is 4.39 Å². The fourth-order valence-corrected chi connectivity index (χ4v) is 4.27. The maximum absolute atomic E-state index is 14.5. The van der Waals surface area contributed by atoms with Crippen molar-refractivity contribution >= 4 is 0 Å². The molecule has 3 heterocycles. The van der Waals surface area contributed by atoms with E-state index in [1.54, 1.807) is 12.5 Å². The number of ether oxygens (including phenoxy) is 2. The van der Waals surface area contributed by atoms with Crippen molar-refractivity contribution in [1.29, 1.82) is 0 Å². The number of halogens is 1. The van der Waals surface area contributed by atoms with Crippen molar-refractivity contribution in [2.75, 3.05) is 13.2 Å². The van der Waals surface area contributed by atoms with E-state index in [9.17, 15) is 29.3 Å². The quantitative estimate of drug-likeness (QED) is 0.311. The summed E-state index contributed by atoms with van der Waals surface area (Å²) in [6, 6.07) is 7.54. The molecule has 4 N–H and O–H groups in total. The number of hydrogen-bond donors (Lipinski definition) is 4. The minimum Gasteiger partial charge on any atom is -0.493 e. The van der Waals surface area contributed by atoms with E-state index < -0.39 is 48.2 Å². The lowest BCUT2D eigenvalue weighted by Gasteiger charge is -2.25. The second-order valence-electron chi connectivity index (χ2n) is 9.83. The van der Waals surface area contributed by atoms with Gasteiger partial charge in [-0.3, -0.25) is 13.9 Å². The van der Waals surface area contributed by atoms with Crippen molar-refractivity contribution in [1.82, 2.24) is 19.1 Å². The van der Waals surface area contributed by atoms with Crippen LogP contribution in [0.5, 0.6) is 5.75 Å². The minimum absolute atomic E-state index is 0.0814. The van der Waals surface area contributed by atoms with Crippen molar-refractivity contribution in [3.8, 4) is 17.0 Å². The monoisotopic (exact) mass is 518 g/mol. The molecule has 12 heteroatoms. The molecule has 1 aromatic carbocycles. The van der Waals surface area contributed by atoms with Gasteiger partial charge in [0.25, 0.3) is 5.56 Å². The molecule has 2 aromatic heterocycles. The third-order valence-electron chi connectivity index (χ3n) is 6.67. The average molecular weight is 519 g/mol. The Morgan fingerprint density at radius 2 is 1.95 bits per heavy atom. The molecule has 1 fully saturated rings. The number of aliphatic hydroxyl groups excluding tert-OH is 3. The topological polar surface area (TPSA) is 152 Å². The Balaban J connectivity index is 1.44. The van der Waals surface area contributed by atoms with E-state index in [0.29, 0.717) is 31.4 Å². The van der Waals surface area contributed by atoms with Crippen LogP contribution in [-0.4, -0.2) is 65.9 Å². The van der Waals surface area contributed by atoms with Gasteiger partial charge in [0.15, 0.2) is 6.23 Å². The van der Waals surface area contributed by atoms with Gasteiger partial charge in [-0.05, 0) is 30.4 Å². The first-order valence-electron chi connectivity index (χ1n) is 12.0. The van der Waals surface area contributed by atoms with Crippen LogP contribution in [0.25, 0.3) is 11.3 Å². The Morgan fingerprint density at radius 1 is 1.19 bits per heavy atom. The van der Waals surface area contributed by atoms with Crippen LogP contribution in [0.1, 0.15) is 32.9 Å². The number of hydrogen-bond acceptors (Lipinski definition) is 8. The molecule has 0 unspecified atom stereocenters. The summed E-state index contributed by atoms with van der Waals surface area (Å²) >= 11 is 0. The number of aliphatic hydroxyl groups is 3. The SMILES string of the molecule is CC(C)(CCOc1ccccc1-c1cnc[nH]1)CCn1c(=O)c(F)cn([C@@H]2O[C@H](CO)[C@@H](O)[C@@H]2O)c1=O. The highest BCUT2D eigenvalue weighted by molar-refractivity contribution is 5.66. The minimum atomic E-state index is -1.58. The Bertz CT molecular complexity index is 1320. The van der Waals surface area contributed by atoms with Gasteiger partial charge in [0.2, 0.25) is 5.82 Å². The zero-order valence-corrected chi connectivity index (χ0v) is 20.6. The van der Waals surface area contributed by atoms with Gasteiger partial charge < -0.3 is 29.8 Å². The summed E-state index contributed by atoms with van der Waals surface area (Å²) in [6.07, 6.45) is -0.770. The highest BCUT2D eigenvalue weighted by Crippen LogP contribution is 2.31. The molecule has 1 aliphatic rings. The van der Waals surface area contributed by atoms with Crippen LogP contribution in [0.3, 0.4) is 0 Å². The molecule has 0 amide bonds. The number of imidazole rings is 1. The summed E-state index contributed by atoms with van der Waals surface area (Å²) in [5.74, 6) is -0.515. The van der Waals surface area contributed by atoms with Crippen LogP contribution >= 0.6 is 0 Å². The maximum Gasteiger partial charge on any atom is 0.333 e. The molecule has 0 bridgehead atoms. The van der Waals surface area contributed by atoms with Gasteiger partial charge in [0.1, 0.15) is 24.1 Å². The number of aromatic amines is 1. The first-order valence-corrected chi connectivity index (χ1v) is 12.0. The molecule has 1 aliphatic heterocycles. The number of para-hydroxylation sites is 1. The number of nitrogens with zero attached hydrogens (tertiary/aromatic N) is 3. The maximum atomic E-state index is 14.5. The summed E-state index contributed by atoms with van der Waals surface area (Å²) in [5.41, 5.74) is -0.663. The Labute approximate surface area is 211 Å². The lowest BCUT2D eigenvalue weighted by Crippen LogP contribution is -2.45. The molecule has 4 atom stereocenters. The summed E-state index contributed by atoms with van der Waals surface area (Å²) in [4.78, 5) is 32.6. The molecule has 0 saturated carbocycles. The molecule has 37 heavy (non-hydrogen) atoms. The first-order chi connectivity index (χ1) is 17.6. The van der Waals surface area contributed by atoms with E-state index in [0.717, 1.165) is 20.4 Å². The molecule has 0 aliphatic carbocycles. The third-order valence-corrected chi connectivity index (χ3v) is 6.67. The highest BCUT2D eigenvalue weighted by Gasteiger charge is 2.44. The normalized spacial score (nSPS) is 21.9. The fourth-order valence-electron chi connectivity index (χ4n) is 4.27. The Morgan fingerprint density at radius 3 is 2.62 bits per heavy atom. The molecule has 1 saturated heterocycles. The number of benzene rings is 1. The molecular formula is C25H31FN4O7. The zero-order valence-electron chi connectivity index (χ0n) is 20.6. The average Bonchev–Trinajstić information content (AvgIpc) is 3.50. The van der Waals surface area contributed by atoms with Crippen molar-refractivity contribution in [2.45, 2.75) is 57.8 Å². The Kier molecular flexibility index (Phi) is 7.93. The zero-order chi connectivity index (χ0) is 26.7. The summed E-state index contributed by atoms with van der Waals surface area (Å²) in [5, 5.41) is 29.5. The van der Waals surface area contributed by atoms with Crippen LogP contribution in [0.15, 0.2) is 52.6 Å². The Hall–Kier alpha value is -3.32. The first kappa shape index (κ1) is 26.7. The van der Waals surface area contributed by atoms with Crippen LogP contribution in [0.4, 0.5) is 4.39 Å². The number of H-pyrrole nitrogens is 1. The van der Waals surface area contributed by atoms with Crippen LogP contribution < -0.4 is 16.0 Å². The van der Waals surface area contributed by atoms with Crippen molar-refractivity contribution in [2.24, 2.45) is 5.41 Å². The summed E-state index contributed by atoms with van der Waals surface area (Å²) in [7, 11) is 0.